The van der Waals surface area contributed by atoms with Gasteiger partial charge in [-0.05, 0) is 36.4 Å². The Balaban J connectivity index is 2.55. The fourth-order valence-corrected chi connectivity index (χ4v) is 2.02. The van der Waals surface area contributed by atoms with Crippen LogP contribution in [0.4, 0.5) is 0 Å². The molecule has 0 aromatic carbocycles. The lowest BCUT2D eigenvalue weighted by atomic mass is 10.2. The van der Waals surface area contributed by atoms with Crippen molar-refractivity contribution in [3.05, 3.63) is 11.0 Å². The van der Waals surface area contributed by atoms with Crippen molar-refractivity contribution in [3.63, 3.8) is 0 Å². The highest BCUT2D eigenvalue weighted by Gasteiger charge is 2.20. The fourth-order valence-electron chi connectivity index (χ4n) is 0.746. The van der Waals surface area contributed by atoms with Crippen LogP contribution in [0.2, 0.25) is 0 Å². The molecule has 0 aromatic rings. The van der Waals surface area contributed by atoms with Gasteiger partial charge in [0, 0.05) is 0 Å². The summed E-state index contributed by atoms with van der Waals surface area (Å²) < 4.78 is 2.04. The third-order valence-corrected chi connectivity index (χ3v) is 3.04. The van der Waals surface area contributed by atoms with E-state index in [4.69, 9.17) is 11.6 Å². The van der Waals surface area contributed by atoms with E-state index in [1.807, 2.05) is 11.4 Å². The van der Waals surface area contributed by atoms with Crippen LogP contribution >= 0.6 is 23.5 Å². The summed E-state index contributed by atoms with van der Waals surface area (Å²) in [6, 6.07) is 0. The molecular formula is C6H10ClNS. The Kier molecular flexibility index (Phi) is 2.44. The van der Waals surface area contributed by atoms with Crippen molar-refractivity contribution >= 4 is 23.5 Å². The summed E-state index contributed by atoms with van der Waals surface area (Å²) in [6.07, 6.45) is 1.06. The molecule has 0 saturated carbocycles. The average Bonchev–Trinajstić information content (AvgIpc) is 2.15. The minimum atomic E-state index is 0.125. The molecule has 1 nitrogen and oxygen atoms in total. The second-order valence-electron chi connectivity index (χ2n) is 2.03. The summed E-state index contributed by atoms with van der Waals surface area (Å²) in [4.78, 5) is 0. The number of hydrogen-bond acceptors (Lipinski definition) is 2. The lowest BCUT2D eigenvalue weighted by Crippen LogP contribution is -2.15. The van der Waals surface area contributed by atoms with Gasteiger partial charge in [0.15, 0.2) is 0 Å². The van der Waals surface area contributed by atoms with Crippen LogP contribution < -0.4 is 0 Å². The van der Waals surface area contributed by atoms with E-state index in [-0.39, 0.29) is 5.50 Å². The summed E-state index contributed by atoms with van der Waals surface area (Å²) in [7, 11) is 2.00. The minimum absolute atomic E-state index is 0.125. The summed E-state index contributed by atoms with van der Waals surface area (Å²) >= 11 is 7.64. The zero-order chi connectivity index (χ0) is 6.85. The molecule has 1 unspecified atom stereocenters. The van der Waals surface area contributed by atoms with E-state index in [0.717, 1.165) is 6.42 Å². The first-order valence-electron chi connectivity index (χ1n) is 2.98. The first-order valence-corrected chi connectivity index (χ1v) is 4.25. The van der Waals surface area contributed by atoms with Gasteiger partial charge >= 0.3 is 0 Å². The largest absolute Gasteiger partial charge is 0.228 e. The molecule has 0 amide bonds. The van der Waals surface area contributed by atoms with Crippen molar-refractivity contribution in [2.75, 3.05) is 7.05 Å². The average molecular weight is 164 g/mol. The molecule has 1 atom stereocenters. The number of likely N-dealkylation sites (N-methyl/N-ethyl adjacent to an activating group) is 1. The normalized spacial score (nSPS) is 28.8. The molecule has 0 spiro atoms. The maximum absolute atomic E-state index is 5.97. The third kappa shape index (κ3) is 1.42. The Bertz CT molecular complexity index is 135. The van der Waals surface area contributed by atoms with Gasteiger partial charge in [0.25, 0.3) is 0 Å². The Labute approximate surface area is 65.2 Å². The van der Waals surface area contributed by atoms with Gasteiger partial charge in [0.1, 0.15) is 5.50 Å². The van der Waals surface area contributed by atoms with Crippen molar-refractivity contribution in [3.8, 4) is 0 Å². The Hall–Kier alpha value is 0.340. The number of hydrogen-bond donors (Lipinski definition) is 0. The zero-order valence-corrected chi connectivity index (χ0v) is 7.17. The van der Waals surface area contributed by atoms with Crippen LogP contribution in [0.25, 0.3) is 0 Å². The zero-order valence-electron chi connectivity index (χ0n) is 5.60. The van der Waals surface area contributed by atoms with E-state index < -0.39 is 0 Å². The van der Waals surface area contributed by atoms with E-state index in [9.17, 15) is 0 Å². The first kappa shape index (κ1) is 7.45. The van der Waals surface area contributed by atoms with E-state index in [1.165, 1.54) is 5.57 Å². The van der Waals surface area contributed by atoms with E-state index in [1.54, 1.807) is 11.9 Å². The van der Waals surface area contributed by atoms with Gasteiger partial charge < -0.3 is 0 Å². The predicted octanol–water partition coefficient (Wildman–Crippen LogP) is 2.44. The number of nitrogens with zero attached hydrogens (tertiary/aromatic N) is 1. The van der Waals surface area contributed by atoms with Crippen LogP contribution in [0, 0.1) is 0 Å². The van der Waals surface area contributed by atoms with E-state index in [2.05, 4.69) is 12.3 Å². The molecule has 0 saturated heterocycles. The number of alkyl halides is 1. The van der Waals surface area contributed by atoms with Gasteiger partial charge in [-0.2, -0.15) is 0 Å². The quantitative estimate of drug-likeness (QED) is 0.332. The highest BCUT2D eigenvalue weighted by atomic mass is 35.5. The van der Waals surface area contributed by atoms with Crippen molar-refractivity contribution < 1.29 is 0 Å². The Morgan fingerprint density at radius 3 is 2.78 bits per heavy atom. The molecule has 1 heterocycles. The molecule has 0 bridgehead atoms. The van der Waals surface area contributed by atoms with Crippen LogP contribution in [-0.4, -0.2) is 16.9 Å². The maximum atomic E-state index is 5.97. The summed E-state index contributed by atoms with van der Waals surface area (Å²) in [5.74, 6) is 0. The SMILES string of the molecule is CCC1=CSN(C)C1Cl. The van der Waals surface area contributed by atoms with Gasteiger partial charge in [-0.3, -0.25) is 0 Å². The highest BCUT2D eigenvalue weighted by molar-refractivity contribution is 8.00. The van der Waals surface area contributed by atoms with Crippen molar-refractivity contribution in [1.82, 2.24) is 4.31 Å². The number of rotatable bonds is 1. The van der Waals surface area contributed by atoms with Crippen molar-refractivity contribution in [1.29, 1.82) is 0 Å². The Morgan fingerprint density at radius 1 is 1.89 bits per heavy atom. The molecule has 0 aromatic heterocycles. The summed E-state index contributed by atoms with van der Waals surface area (Å²) in [6.45, 7) is 2.13. The molecule has 52 valence electrons. The van der Waals surface area contributed by atoms with Crippen molar-refractivity contribution in [2.24, 2.45) is 0 Å². The standard InChI is InChI=1S/C6H10ClNS/c1-3-5-4-9-8(2)6(5)7/h4,6H,3H2,1-2H3. The van der Waals surface area contributed by atoms with E-state index in [0.29, 0.717) is 0 Å². The van der Waals surface area contributed by atoms with Crippen LogP contribution in [0.1, 0.15) is 13.3 Å². The second-order valence-corrected chi connectivity index (χ2v) is 3.47. The topological polar surface area (TPSA) is 3.24 Å². The van der Waals surface area contributed by atoms with E-state index >= 15 is 0 Å². The molecule has 0 fully saturated rings. The molecule has 1 rings (SSSR count). The maximum Gasteiger partial charge on any atom is 0.116 e. The second kappa shape index (κ2) is 2.95. The Morgan fingerprint density at radius 2 is 2.56 bits per heavy atom. The molecule has 0 aliphatic carbocycles. The number of halogens is 1. The molecule has 3 heteroatoms. The first-order chi connectivity index (χ1) is 4.25. The van der Waals surface area contributed by atoms with Crippen LogP contribution in [0.5, 0.6) is 0 Å². The fraction of sp³-hybridized carbons (Fsp3) is 0.667. The van der Waals surface area contributed by atoms with Gasteiger partial charge in [-0.1, -0.05) is 18.5 Å². The van der Waals surface area contributed by atoms with Gasteiger partial charge in [0.2, 0.25) is 0 Å². The van der Waals surface area contributed by atoms with Crippen LogP contribution in [0.3, 0.4) is 0 Å². The molecule has 0 radical (unpaired) electrons. The predicted molar refractivity (Wildman–Crippen MR) is 43.4 cm³/mol. The molecule has 1 aliphatic rings. The van der Waals surface area contributed by atoms with Crippen molar-refractivity contribution in [2.45, 2.75) is 18.8 Å². The highest BCUT2D eigenvalue weighted by Crippen LogP contribution is 2.32. The summed E-state index contributed by atoms with van der Waals surface area (Å²) in [5.41, 5.74) is 1.45. The molecular weight excluding hydrogens is 154 g/mol. The lowest BCUT2D eigenvalue weighted by molar-refractivity contribution is 0.577. The smallest absolute Gasteiger partial charge is 0.116 e. The molecule has 0 N–H and O–H groups in total. The van der Waals surface area contributed by atoms with Crippen LogP contribution in [0.15, 0.2) is 11.0 Å². The summed E-state index contributed by atoms with van der Waals surface area (Å²) in [5, 5.41) is 2.12. The molecule has 1 aliphatic heterocycles. The van der Waals surface area contributed by atoms with Crippen LogP contribution in [-0.2, 0) is 0 Å². The van der Waals surface area contributed by atoms with Gasteiger partial charge in [-0.25, -0.2) is 4.31 Å². The third-order valence-electron chi connectivity index (χ3n) is 1.40. The monoisotopic (exact) mass is 163 g/mol. The van der Waals surface area contributed by atoms with Gasteiger partial charge in [-0.15, -0.1) is 0 Å². The lowest BCUT2D eigenvalue weighted by Gasteiger charge is -2.12. The molecule has 9 heavy (non-hydrogen) atoms. The van der Waals surface area contributed by atoms with Gasteiger partial charge in [0.05, 0.1) is 0 Å². The minimum Gasteiger partial charge on any atom is -0.228 e.